The maximum atomic E-state index is 12.4. The van der Waals surface area contributed by atoms with Gasteiger partial charge in [0.25, 0.3) is 5.91 Å². The number of thiazole rings is 1. The Hall–Kier alpha value is -2.90. The first-order chi connectivity index (χ1) is 12.7. The van der Waals surface area contributed by atoms with Gasteiger partial charge >= 0.3 is 0 Å². The molecule has 130 valence electrons. The van der Waals surface area contributed by atoms with E-state index >= 15 is 0 Å². The molecule has 1 heterocycles. The molecule has 0 unspecified atom stereocenters. The SMILES string of the molecule is CCc1ccc(-c2nc(C)c(C(=O)NCC#Cc3ccccc3)s2)cc1. The summed E-state index contributed by atoms with van der Waals surface area (Å²) in [5, 5.41) is 3.72. The molecule has 3 nitrogen and oxygen atoms in total. The van der Waals surface area contributed by atoms with Gasteiger partial charge in [0.15, 0.2) is 0 Å². The van der Waals surface area contributed by atoms with Crippen LogP contribution in [-0.2, 0) is 6.42 Å². The van der Waals surface area contributed by atoms with E-state index in [0.29, 0.717) is 11.4 Å². The monoisotopic (exact) mass is 360 g/mol. The third-order valence-corrected chi connectivity index (χ3v) is 5.16. The number of aromatic nitrogens is 1. The highest BCUT2D eigenvalue weighted by Crippen LogP contribution is 2.28. The number of benzene rings is 2. The zero-order chi connectivity index (χ0) is 18.4. The number of rotatable bonds is 4. The Balaban J connectivity index is 1.66. The van der Waals surface area contributed by atoms with Crippen LogP contribution in [0.25, 0.3) is 10.6 Å². The molecule has 0 saturated heterocycles. The van der Waals surface area contributed by atoms with E-state index in [0.717, 1.165) is 28.2 Å². The molecule has 0 bridgehead atoms. The Bertz CT molecular complexity index is 947. The largest absolute Gasteiger partial charge is 0.340 e. The van der Waals surface area contributed by atoms with E-state index in [1.807, 2.05) is 37.3 Å². The number of aryl methyl sites for hydroxylation is 2. The molecular weight excluding hydrogens is 340 g/mol. The molecule has 0 radical (unpaired) electrons. The van der Waals surface area contributed by atoms with Crippen LogP contribution in [0.3, 0.4) is 0 Å². The lowest BCUT2D eigenvalue weighted by Gasteiger charge is -1.99. The van der Waals surface area contributed by atoms with Crippen molar-refractivity contribution in [3.63, 3.8) is 0 Å². The molecule has 26 heavy (non-hydrogen) atoms. The van der Waals surface area contributed by atoms with Crippen LogP contribution in [0.15, 0.2) is 54.6 Å². The molecule has 1 aromatic heterocycles. The van der Waals surface area contributed by atoms with Crippen LogP contribution in [0.2, 0.25) is 0 Å². The van der Waals surface area contributed by atoms with E-state index in [4.69, 9.17) is 0 Å². The van der Waals surface area contributed by atoms with Crippen molar-refractivity contribution in [2.75, 3.05) is 6.54 Å². The third kappa shape index (κ3) is 4.38. The number of amides is 1. The summed E-state index contributed by atoms with van der Waals surface area (Å²) in [6.07, 6.45) is 1.01. The molecule has 3 aromatic rings. The molecule has 4 heteroatoms. The molecule has 0 atom stereocenters. The Kier molecular flexibility index (Phi) is 5.83. The fourth-order valence-electron chi connectivity index (χ4n) is 2.49. The summed E-state index contributed by atoms with van der Waals surface area (Å²) in [6, 6.07) is 18.0. The van der Waals surface area contributed by atoms with Gasteiger partial charge in [0.1, 0.15) is 9.88 Å². The number of nitrogens with zero attached hydrogens (tertiary/aromatic N) is 1. The molecule has 1 amide bonds. The van der Waals surface area contributed by atoms with E-state index in [-0.39, 0.29) is 5.91 Å². The maximum Gasteiger partial charge on any atom is 0.264 e. The van der Waals surface area contributed by atoms with Gasteiger partial charge in [-0.05, 0) is 31.0 Å². The Morgan fingerprint density at radius 3 is 2.54 bits per heavy atom. The smallest absolute Gasteiger partial charge is 0.264 e. The average Bonchev–Trinajstić information content (AvgIpc) is 3.08. The minimum atomic E-state index is -0.126. The molecule has 3 rings (SSSR count). The van der Waals surface area contributed by atoms with Crippen LogP contribution >= 0.6 is 11.3 Å². The van der Waals surface area contributed by atoms with Crippen molar-refractivity contribution in [2.24, 2.45) is 0 Å². The number of nitrogens with one attached hydrogen (secondary N) is 1. The van der Waals surface area contributed by atoms with E-state index < -0.39 is 0 Å². The first-order valence-corrected chi connectivity index (χ1v) is 9.38. The first kappa shape index (κ1) is 17.9. The molecule has 2 aromatic carbocycles. The van der Waals surface area contributed by atoms with Gasteiger partial charge in [-0.3, -0.25) is 4.79 Å². The average molecular weight is 360 g/mol. The summed E-state index contributed by atoms with van der Waals surface area (Å²) >= 11 is 1.42. The third-order valence-electron chi connectivity index (χ3n) is 3.96. The van der Waals surface area contributed by atoms with Gasteiger partial charge < -0.3 is 5.32 Å². The normalized spacial score (nSPS) is 10.1. The topological polar surface area (TPSA) is 42.0 Å². The highest BCUT2D eigenvalue weighted by atomic mass is 32.1. The zero-order valence-corrected chi connectivity index (χ0v) is 15.7. The minimum Gasteiger partial charge on any atom is -0.340 e. The standard InChI is InChI=1S/C22H20N2OS/c1-3-17-11-13-19(14-12-17)22-24-16(2)20(26-22)21(25)23-15-7-10-18-8-5-4-6-9-18/h4-6,8-9,11-14H,3,15H2,1-2H3,(H,23,25). The molecule has 0 aliphatic heterocycles. The van der Waals surface area contributed by atoms with Gasteiger partial charge in [0, 0.05) is 11.1 Å². The second kappa shape index (κ2) is 8.46. The summed E-state index contributed by atoms with van der Waals surface area (Å²) in [5.41, 5.74) is 4.02. The van der Waals surface area contributed by atoms with E-state index in [9.17, 15) is 4.79 Å². The van der Waals surface area contributed by atoms with Crippen LogP contribution in [0, 0.1) is 18.8 Å². The predicted octanol–water partition coefficient (Wildman–Crippen LogP) is 4.46. The predicted molar refractivity (Wildman–Crippen MR) is 107 cm³/mol. The molecule has 0 spiro atoms. The van der Waals surface area contributed by atoms with Gasteiger partial charge in [-0.2, -0.15) is 0 Å². The highest BCUT2D eigenvalue weighted by Gasteiger charge is 2.15. The zero-order valence-electron chi connectivity index (χ0n) is 14.9. The molecular formula is C22H20N2OS. The van der Waals surface area contributed by atoms with E-state index in [2.05, 4.69) is 53.3 Å². The lowest BCUT2D eigenvalue weighted by molar-refractivity contribution is 0.0962. The molecule has 0 saturated carbocycles. The molecule has 0 aliphatic carbocycles. The van der Waals surface area contributed by atoms with Crippen molar-refractivity contribution in [3.8, 4) is 22.4 Å². The van der Waals surface area contributed by atoms with Crippen molar-refractivity contribution in [1.82, 2.24) is 10.3 Å². The minimum absolute atomic E-state index is 0.126. The Labute approximate surface area is 158 Å². The van der Waals surface area contributed by atoms with Crippen LogP contribution in [0.5, 0.6) is 0 Å². The van der Waals surface area contributed by atoms with Crippen LogP contribution in [0.1, 0.15) is 33.4 Å². The van der Waals surface area contributed by atoms with Crippen LogP contribution < -0.4 is 5.32 Å². The fraction of sp³-hybridized carbons (Fsp3) is 0.182. The van der Waals surface area contributed by atoms with Gasteiger partial charge in [0.05, 0.1) is 12.2 Å². The van der Waals surface area contributed by atoms with Crippen molar-refractivity contribution < 1.29 is 4.79 Å². The first-order valence-electron chi connectivity index (χ1n) is 8.56. The summed E-state index contributed by atoms with van der Waals surface area (Å²) in [5.74, 6) is 5.88. The van der Waals surface area contributed by atoms with Crippen molar-refractivity contribution in [1.29, 1.82) is 0 Å². The molecule has 0 fully saturated rings. The van der Waals surface area contributed by atoms with Crippen molar-refractivity contribution >= 4 is 17.2 Å². The summed E-state index contributed by atoms with van der Waals surface area (Å²) in [4.78, 5) is 17.6. The van der Waals surface area contributed by atoms with Gasteiger partial charge in [-0.15, -0.1) is 11.3 Å². The van der Waals surface area contributed by atoms with Crippen molar-refractivity contribution in [2.45, 2.75) is 20.3 Å². The number of carbonyl (C=O) groups excluding carboxylic acids is 1. The fourth-order valence-corrected chi connectivity index (χ4v) is 3.47. The van der Waals surface area contributed by atoms with E-state index in [1.54, 1.807) is 0 Å². The van der Waals surface area contributed by atoms with E-state index in [1.165, 1.54) is 16.9 Å². The number of carbonyl (C=O) groups is 1. The van der Waals surface area contributed by atoms with Crippen molar-refractivity contribution in [3.05, 3.63) is 76.3 Å². The lowest BCUT2D eigenvalue weighted by atomic mass is 10.1. The summed E-state index contributed by atoms with van der Waals surface area (Å²) in [6.45, 7) is 4.31. The summed E-state index contributed by atoms with van der Waals surface area (Å²) in [7, 11) is 0. The Morgan fingerprint density at radius 2 is 1.85 bits per heavy atom. The van der Waals surface area contributed by atoms with Gasteiger partial charge in [-0.1, -0.05) is 61.2 Å². The van der Waals surface area contributed by atoms with Gasteiger partial charge in [-0.25, -0.2) is 4.98 Å². The molecule has 1 N–H and O–H groups in total. The maximum absolute atomic E-state index is 12.4. The number of hydrogen-bond acceptors (Lipinski definition) is 3. The quantitative estimate of drug-likeness (QED) is 0.698. The lowest BCUT2D eigenvalue weighted by Crippen LogP contribution is -2.23. The van der Waals surface area contributed by atoms with Crippen LogP contribution in [-0.4, -0.2) is 17.4 Å². The second-order valence-electron chi connectivity index (χ2n) is 5.83. The highest BCUT2D eigenvalue weighted by molar-refractivity contribution is 7.17. The van der Waals surface area contributed by atoms with Crippen LogP contribution in [0.4, 0.5) is 0 Å². The number of hydrogen-bond donors (Lipinski definition) is 1. The Morgan fingerprint density at radius 1 is 1.12 bits per heavy atom. The molecule has 0 aliphatic rings. The van der Waals surface area contributed by atoms with Gasteiger partial charge in [0.2, 0.25) is 0 Å². The second-order valence-corrected chi connectivity index (χ2v) is 6.83. The summed E-state index contributed by atoms with van der Waals surface area (Å²) < 4.78 is 0.